The summed E-state index contributed by atoms with van der Waals surface area (Å²) in [7, 11) is 0. The van der Waals surface area contributed by atoms with Gasteiger partial charge in [-0.2, -0.15) is 0 Å². The van der Waals surface area contributed by atoms with E-state index < -0.39 is 6.16 Å². The van der Waals surface area contributed by atoms with Crippen molar-refractivity contribution in [1.29, 1.82) is 0 Å². The van der Waals surface area contributed by atoms with E-state index in [0.717, 1.165) is 0 Å². The Bertz CT molecular complexity index is 33.8. The van der Waals surface area contributed by atoms with E-state index >= 15 is 0 Å². The fraction of sp³-hybridized carbons (Fsp3) is 0. The SMILES string of the molecule is O=C(O)O.[KH].[SiH4]. The second kappa shape index (κ2) is 9.45. The first kappa shape index (κ1) is 15.7. The Morgan fingerprint density at radius 2 is 1.33 bits per heavy atom. The minimum absolute atomic E-state index is 0. The van der Waals surface area contributed by atoms with Crippen LogP contribution in [0.3, 0.4) is 0 Å². The molecule has 0 amide bonds. The van der Waals surface area contributed by atoms with E-state index in [4.69, 9.17) is 15.0 Å². The van der Waals surface area contributed by atoms with Gasteiger partial charge in [0, 0.05) is 0 Å². The van der Waals surface area contributed by atoms with Gasteiger partial charge in [0.15, 0.2) is 0 Å². The molecule has 0 aliphatic carbocycles. The number of carbonyl (C=O) groups is 1. The summed E-state index contributed by atoms with van der Waals surface area (Å²) in [5.74, 6) is 0. The average molecular weight is 134 g/mol. The molecule has 0 unspecified atom stereocenters. The Morgan fingerprint density at radius 1 is 1.33 bits per heavy atom. The third kappa shape index (κ3) is 69.0. The number of hydrogen-bond acceptors (Lipinski definition) is 1. The zero-order valence-electron chi connectivity index (χ0n) is 1.80. The first-order valence-electron chi connectivity index (χ1n) is 0.651. The zero-order chi connectivity index (χ0) is 3.58. The molecule has 3 nitrogen and oxygen atoms in total. The third-order valence-corrected chi connectivity index (χ3v) is 0. The van der Waals surface area contributed by atoms with Crippen LogP contribution < -0.4 is 0 Å². The standard InChI is InChI=1S/CH2O3.K.H4Si.H/c2-1(3)4;;;/h(H2,2,3,4);;1H4;. The van der Waals surface area contributed by atoms with E-state index in [9.17, 15) is 0 Å². The van der Waals surface area contributed by atoms with E-state index in [1.54, 1.807) is 0 Å². The van der Waals surface area contributed by atoms with Gasteiger partial charge in [0.25, 0.3) is 0 Å². The van der Waals surface area contributed by atoms with Crippen LogP contribution in [0.2, 0.25) is 0 Å². The van der Waals surface area contributed by atoms with Crippen LogP contribution in [-0.4, -0.2) is 78.7 Å². The number of hydrogen-bond donors (Lipinski definition) is 2. The fourth-order valence-electron chi connectivity index (χ4n) is 0. The molecule has 0 bridgehead atoms. The molecule has 6 heavy (non-hydrogen) atoms. The predicted octanol–water partition coefficient (Wildman–Crippen LogP) is -1.88. The van der Waals surface area contributed by atoms with Crippen LogP contribution in [0.15, 0.2) is 0 Å². The third-order valence-electron chi connectivity index (χ3n) is 0. The molecule has 5 heteroatoms. The Kier molecular flexibility index (Phi) is 24.8. The molecule has 0 aliphatic heterocycles. The second-order valence-corrected chi connectivity index (χ2v) is 0.283. The van der Waals surface area contributed by atoms with Gasteiger partial charge in [-0.05, 0) is 11.0 Å². The van der Waals surface area contributed by atoms with E-state index in [-0.39, 0.29) is 62.3 Å². The summed E-state index contributed by atoms with van der Waals surface area (Å²) in [5.41, 5.74) is 0. The van der Waals surface area contributed by atoms with E-state index in [2.05, 4.69) is 0 Å². The van der Waals surface area contributed by atoms with Gasteiger partial charge >= 0.3 is 57.5 Å². The number of rotatable bonds is 0. The van der Waals surface area contributed by atoms with Gasteiger partial charge < -0.3 is 10.2 Å². The molecule has 0 aliphatic rings. The van der Waals surface area contributed by atoms with Gasteiger partial charge in [-0.25, -0.2) is 4.79 Å². The van der Waals surface area contributed by atoms with E-state index in [1.165, 1.54) is 0 Å². The van der Waals surface area contributed by atoms with Gasteiger partial charge in [-0.15, -0.1) is 0 Å². The van der Waals surface area contributed by atoms with Crippen molar-refractivity contribution < 1.29 is 15.0 Å². The van der Waals surface area contributed by atoms with Crippen LogP contribution in [0.5, 0.6) is 0 Å². The van der Waals surface area contributed by atoms with Gasteiger partial charge in [0.05, 0.1) is 0 Å². The molecule has 0 fully saturated rings. The fourth-order valence-corrected chi connectivity index (χ4v) is 0. The Labute approximate surface area is 82.2 Å². The topological polar surface area (TPSA) is 57.5 Å². The second-order valence-electron chi connectivity index (χ2n) is 0.283. The summed E-state index contributed by atoms with van der Waals surface area (Å²) in [5, 5.41) is 13.9. The van der Waals surface area contributed by atoms with Crippen molar-refractivity contribution in [3.63, 3.8) is 0 Å². The van der Waals surface area contributed by atoms with Crippen molar-refractivity contribution in [2.75, 3.05) is 0 Å². The maximum Gasteiger partial charge on any atom is -0.0149 e. The molecule has 0 radical (unpaired) electrons. The van der Waals surface area contributed by atoms with Crippen LogP contribution in [-0.2, 0) is 0 Å². The molecule has 0 aromatic carbocycles. The Balaban J connectivity index is -0.0000000450. The smallest absolute Gasteiger partial charge is 0.0149 e. The summed E-state index contributed by atoms with van der Waals surface area (Å²) in [6.45, 7) is 0. The summed E-state index contributed by atoms with van der Waals surface area (Å²) in [6.07, 6.45) is -1.83. The van der Waals surface area contributed by atoms with Crippen LogP contribution >= 0.6 is 0 Å². The van der Waals surface area contributed by atoms with Crippen molar-refractivity contribution in [2.45, 2.75) is 0 Å². The minimum Gasteiger partial charge on any atom is -0.0149 e. The summed E-state index contributed by atoms with van der Waals surface area (Å²) in [4.78, 5) is 8.56. The van der Waals surface area contributed by atoms with Crippen molar-refractivity contribution in [2.24, 2.45) is 0 Å². The largest absolute Gasteiger partial charge is 0.0149 e. The van der Waals surface area contributed by atoms with Crippen molar-refractivity contribution >= 4 is 68.5 Å². The molecule has 0 atom stereocenters. The van der Waals surface area contributed by atoms with Crippen molar-refractivity contribution in [1.82, 2.24) is 0 Å². The maximum absolute atomic E-state index is 8.56. The normalized spacial score (nSPS) is 4.00. The molecule has 0 saturated carbocycles. The monoisotopic (exact) mass is 134 g/mol. The molecule has 34 valence electrons. The predicted molar refractivity (Wildman–Crippen MR) is 29.1 cm³/mol. The molecular weight excluding hydrogens is 127 g/mol. The molecule has 0 heterocycles. The average Bonchev–Trinajstić information content (AvgIpc) is 0.811. The quantitative estimate of drug-likeness (QED) is 0.381. The molecular formula is CH7KO3Si. The van der Waals surface area contributed by atoms with Crippen molar-refractivity contribution in [3.8, 4) is 0 Å². The first-order chi connectivity index (χ1) is 1.73. The minimum atomic E-state index is -1.83. The first-order valence-corrected chi connectivity index (χ1v) is 0.651. The maximum atomic E-state index is 8.56. The van der Waals surface area contributed by atoms with Gasteiger partial charge in [0.1, 0.15) is 0 Å². The summed E-state index contributed by atoms with van der Waals surface area (Å²) in [6, 6.07) is 0. The van der Waals surface area contributed by atoms with Crippen LogP contribution in [0, 0.1) is 0 Å². The van der Waals surface area contributed by atoms with E-state index in [0.29, 0.717) is 0 Å². The molecule has 0 spiro atoms. The molecule has 0 rings (SSSR count). The Hall–Kier alpha value is 1.12. The van der Waals surface area contributed by atoms with Crippen LogP contribution in [0.4, 0.5) is 4.79 Å². The molecule has 0 saturated heterocycles. The van der Waals surface area contributed by atoms with Gasteiger partial charge in [-0.3, -0.25) is 0 Å². The number of carboxylic acid groups (broad SMARTS) is 2. The van der Waals surface area contributed by atoms with Gasteiger partial charge in [0.2, 0.25) is 0 Å². The molecule has 2 N–H and O–H groups in total. The zero-order valence-corrected chi connectivity index (χ0v) is 1.80. The summed E-state index contributed by atoms with van der Waals surface area (Å²) < 4.78 is 0. The summed E-state index contributed by atoms with van der Waals surface area (Å²) >= 11 is 0. The van der Waals surface area contributed by atoms with Crippen LogP contribution in [0.1, 0.15) is 0 Å². The Morgan fingerprint density at radius 3 is 1.33 bits per heavy atom. The van der Waals surface area contributed by atoms with Crippen LogP contribution in [0.25, 0.3) is 0 Å². The molecule has 0 aromatic heterocycles. The van der Waals surface area contributed by atoms with Gasteiger partial charge in [-0.1, -0.05) is 0 Å². The van der Waals surface area contributed by atoms with Crippen molar-refractivity contribution in [3.05, 3.63) is 0 Å². The van der Waals surface area contributed by atoms with E-state index in [1.807, 2.05) is 0 Å². The molecule has 0 aromatic rings.